The predicted octanol–water partition coefficient (Wildman–Crippen LogP) is 2.50. The van der Waals surface area contributed by atoms with Gasteiger partial charge in [0, 0.05) is 11.1 Å². The van der Waals surface area contributed by atoms with E-state index in [0.29, 0.717) is 16.6 Å². The number of rotatable bonds is 3. The van der Waals surface area contributed by atoms with Crippen LogP contribution in [0.25, 0.3) is 21.9 Å². The van der Waals surface area contributed by atoms with Gasteiger partial charge in [0.1, 0.15) is 12.4 Å². The average molecular weight is 391 g/mol. The van der Waals surface area contributed by atoms with Crippen molar-refractivity contribution in [3.8, 4) is 0 Å². The highest BCUT2D eigenvalue weighted by atomic mass is 16.2. The van der Waals surface area contributed by atoms with Crippen LogP contribution in [0.5, 0.6) is 0 Å². The van der Waals surface area contributed by atoms with Gasteiger partial charge in [-0.05, 0) is 30.3 Å². The molecule has 0 fully saturated rings. The van der Waals surface area contributed by atoms with E-state index in [-0.39, 0.29) is 17.9 Å². The van der Waals surface area contributed by atoms with E-state index in [4.69, 9.17) is 0 Å². The minimum Gasteiger partial charge on any atom is -0.341 e. The van der Waals surface area contributed by atoms with Crippen LogP contribution < -0.4 is 16.6 Å². The summed E-state index contributed by atoms with van der Waals surface area (Å²) in [6.45, 7) is 5.99. The first-order valence-electron chi connectivity index (χ1n) is 9.24. The minimum atomic E-state index is -0.623. The Bertz CT molecular complexity index is 1350. The molecule has 0 aliphatic heterocycles. The standard InChI is InChI=1S/C21H21N5O3/c1-21(2,3)19-23-14-9-8-12(10-15(14)24-19)22-17(27)11-26-16-7-5-4-6-13(16)18(28)25-20(26)29/h4-10H,11H2,1-3H3,(H,22,27)(H,23,24)(H,25,28,29). The number of amides is 1. The van der Waals surface area contributed by atoms with E-state index in [1.54, 1.807) is 30.3 Å². The van der Waals surface area contributed by atoms with E-state index < -0.39 is 11.2 Å². The maximum absolute atomic E-state index is 12.6. The molecule has 0 aliphatic carbocycles. The van der Waals surface area contributed by atoms with Crippen LogP contribution in [0.1, 0.15) is 26.6 Å². The number of para-hydroxylation sites is 1. The maximum Gasteiger partial charge on any atom is 0.329 e. The molecule has 0 unspecified atom stereocenters. The van der Waals surface area contributed by atoms with E-state index in [2.05, 4.69) is 41.0 Å². The first-order valence-corrected chi connectivity index (χ1v) is 9.24. The molecular formula is C21H21N5O3. The van der Waals surface area contributed by atoms with Gasteiger partial charge in [-0.3, -0.25) is 19.1 Å². The molecule has 8 heteroatoms. The molecule has 0 spiro atoms. The minimum absolute atomic E-state index is 0.116. The van der Waals surface area contributed by atoms with Crippen LogP contribution >= 0.6 is 0 Å². The van der Waals surface area contributed by atoms with Gasteiger partial charge in [0.25, 0.3) is 5.56 Å². The number of nitrogens with one attached hydrogen (secondary N) is 3. The summed E-state index contributed by atoms with van der Waals surface area (Å²) in [7, 11) is 0. The zero-order valence-electron chi connectivity index (χ0n) is 16.4. The van der Waals surface area contributed by atoms with E-state index in [1.807, 2.05) is 12.1 Å². The highest BCUT2D eigenvalue weighted by molar-refractivity contribution is 5.93. The lowest BCUT2D eigenvalue weighted by molar-refractivity contribution is -0.116. The van der Waals surface area contributed by atoms with Gasteiger partial charge in [0.15, 0.2) is 0 Å². The second kappa shape index (κ2) is 6.73. The molecule has 4 rings (SSSR count). The van der Waals surface area contributed by atoms with E-state index >= 15 is 0 Å². The van der Waals surface area contributed by atoms with Crippen molar-refractivity contribution in [3.63, 3.8) is 0 Å². The van der Waals surface area contributed by atoms with Gasteiger partial charge in [0.05, 0.1) is 21.9 Å². The van der Waals surface area contributed by atoms with Crippen molar-refractivity contribution in [2.24, 2.45) is 0 Å². The van der Waals surface area contributed by atoms with Crippen molar-refractivity contribution in [2.45, 2.75) is 32.7 Å². The number of aromatic amines is 2. The zero-order valence-corrected chi connectivity index (χ0v) is 16.4. The monoisotopic (exact) mass is 391 g/mol. The van der Waals surface area contributed by atoms with Crippen molar-refractivity contribution in [1.29, 1.82) is 0 Å². The van der Waals surface area contributed by atoms with Crippen molar-refractivity contribution in [1.82, 2.24) is 19.5 Å². The highest BCUT2D eigenvalue weighted by Crippen LogP contribution is 2.24. The number of fused-ring (bicyclic) bond motifs is 2. The topological polar surface area (TPSA) is 113 Å². The Morgan fingerprint density at radius 1 is 1.10 bits per heavy atom. The summed E-state index contributed by atoms with van der Waals surface area (Å²) in [5.74, 6) is 0.487. The van der Waals surface area contributed by atoms with Crippen LogP contribution in [0, 0.1) is 0 Å². The molecule has 0 saturated carbocycles. The number of hydrogen-bond acceptors (Lipinski definition) is 4. The molecule has 4 aromatic rings. The molecule has 2 aromatic heterocycles. The fraction of sp³-hybridized carbons (Fsp3) is 0.238. The molecule has 0 bridgehead atoms. The Balaban J connectivity index is 1.62. The van der Waals surface area contributed by atoms with Crippen LogP contribution in [-0.2, 0) is 16.8 Å². The number of hydrogen-bond donors (Lipinski definition) is 3. The number of nitrogens with zero attached hydrogens (tertiary/aromatic N) is 2. The van der Waals surface area contributed by atoms with Crippen LogP contribution in [0.3, 0.4) is 0 Å². The van der Waals surface area contributed by atoms with Gasteiger partial charge in [-0.25, -0.2) is 9.78 Å². The van der Waals surface area contributed by atoms with Gasteiger partial charge in [-0.15, -0.1) is 0 Å². The highest BCUT2D eigenvalue weighted by Gasteiger charge is 2.18. The Labute approximate surface area is 165 Å². The van der Waals surface area contributed by atoms with Gasteiger partial charge < -0.3 is 10.3 Å². The van der Waals surface area contributed by atoms with Gasteiger partial charge in [-0.1, -0.05) is 32.9 Å². The summed E-state index contributed by atoms with van der Waals surface area (Å²) in [5.41, 5.74) is 1.43. The molecule has 0 aliphatic rings. The summed E-state index contributed by atoms with van der Waals surface area (Å²) in [4.78, 5) is 46.9. The molecule has 148 valence electrons. The smallest absolute Gasteiger partial charge is 0.329 e. The van der Waals surface area contributed by atoms with Crippen LogP contribution in [0.2, 0.25) is 0 Å². The second-order valence-corrected chi connectivity index (χ2v) is 7.98. The van der Waals surface area contributed by atoms with Crippen LogP contribution in [0.4, 0.5) is 5.69 Å². The summed E-state index contributed by atoms with van der Waals surface area (Å²) in [5, 5.41) is 3.15. The van der Waals surface area contributed by atoms with Crippen LogP contribution in [0.15, 0.2) is 52.1 Å². The number of H-pyrrole nitrogens is 2. The number of carbonyl (C=O) groups excluding carboxylic acids is 1. The largest absolute Gasteiger partial charge is 0.341 e. The second-order valence-electron chi connectivity index (χ2n) is 7.98. The van der Waals surface area contributed by atoms with Gasteiger partial charge in [-0.2, -0.15) is 0 Å². The van der Waals surface area contributed by atoms with Crippen molar-refractivity contribution in [3.05, 3.63) is 69.1 Å². The lowest BCUT2D eigenvalue weighted by atomic mass is 9.96. The van der Waals surface area contributed by atoms with E-state index in [9.17, 15) is 14.4 Å². The maximum atomic E-state index is 12.6. The van der Waals surface area contributed by atoms with Crippen molar-refractivity contribution >= 4 is 33.5 Å². The molecule has 0 atom stereocenters. The fourth-order valence-electron chi connectivity index (χ4n) is 3.19. The summed E-state index contributed by atoms with van der Waals surface area (Å²) >= 11 is 0. The zero-order chi connectivity index (χ0) is 20.8. The van der Waals surface area contributed by atoms with Gasteiger partial charge in [0.2, 0.25) is 5.91 Å². The Hall–Kier alpha value is -3.68. The predicted molar refractivity (Wildman–Crippen MR) is 112 cm³/mol. The van der Waals surface area contributed by atoms with Crippen molar-refractivity contribution < 1.29 is 4.79 Å². The number of benzene rings is 2. The number of anilines is 1. The average Bonchev–Trinajstić information content (AvgIpc) is 3.09. The molecule has 3 N–H and O–H groups in total. The number of carbonyl (C=O) groups is 1. The lowest BCUT2D eigenvalue weighted by Crippen LogP contribution is -2.33. The number of aromatic nitrogens is 4. The molecule has 2 heterocycles. The third kappa shape index (κ3) is 3.56. The Morgan fingerprint density at radius 2 is 1.86 bits per heavy atom. The van der Waals surface area contributed by atoms with E-state index in [0.717, 1.165) is 16.9 Å². The quantitative estimate of drug-likeness (QED) is 0.498. The molecular weight excluding hydrogens is 370 g/mol. The molecule has 0 saturated heterocycles. The molecule has 29 heavy (non-hydrogen) atoms. The molecule has 8 nitrogen and oxygen atoms in total. The third-order valence-corrected chi connectivity index (χ3v) is 4.68. The molecule has 1 amide bonds. The van der Waals surface area contributed by atoms with E-state index in [1.165, 1.54) is 4.57 Å². The van der Waals surface area contributed by atoms with Gasteiger partial charge >= 0.3 is 5.69 Å². The summed E-state index contributed by atoms with van der Waals surface area (Å²) in [6.07, 6.45) is 0. The lowest BCUT2D eigenvalue weighted by Gasteiger charge is -2.13. The SMILES string of the molecule is CC(C)(C)c1nc2ccc(NC(=O)Cn3c(=O)[nH]c(=O)c4ccccc43)cc2[nH]1. The van der Waals surface area contributed by atoms with Crippen molar-refractivity contribution in [2.75, 3.05) is 5.32 Å². The fourth-order valence-corrected chi connectivity index (χ4v) is 3.19. The summed E-state index contributed by atoms with van der Waals surface area (Å²) < 4.78 is 1.25. The Morgan fingerprint density at radius 3 is 2.62 bits per heavy atom. The molecule has 2 aromatic carbocycles. The number of imidazole rings is 1. The first kappa shape index (κ1) is 18.7. The summed E-state index contributed by atoms with van der Waals surface area (Å²) in [6, 6.07) is 12.1. The molecule has 0 radical (unpaired) electrons. The normalized spacial score (nSPS) is 11.8. The van der Waals surface area contributed by atoms with Crippen LogP contribution in [-0.4, -0.2) is 25.4 Å². The first-order chi connectivity index (χ1) is 13.7. The third-order valence-electron chi connectivity index (χ3n) is 4.68. The Kier molecular flexibility index (Phi) is 4.34.